The van der Waals surface area contributed by atoms with Crippen LogP contribution < -0.4 is 5.32 Å². The summed E-state index contributed by atoms with van der Waals surface area (Å²) in [5.74, 6) is 1.29. The number of rotatable bonds is 8. The van der Waals surface area contributed by atoms with Gasteiger partial charge in [0.15, 0.2) is 5.65 Å². The van der Waals surface area contributed by atoms with Gasteiger partial charge in [-0.2, -0.15) is 10.1 Å². The lowest BCUT2D eigenvalue weighted by molar-refractivity contribution is 0.109. The fourth-order valence-corrected chi connectivity index (χ4v) is 5.28. The van der Waals surface area contributed by atoms with Crippen LogP contribution in [0.4, 0.5) is 5.95 Å². The van der Waals surface area contributed by atoms with E-state index in [4.69, 9.17) is 10.1 Å². The Morgan fingerprint density at radius 2 is 1.75 bits per heavy atom. The third kappa shape index (κ3) is 5.88. The van der Waals surface area contributed by atoms with Crippen LogP contribution >= 0.6 is 0 Å². The maximum absolute atomic E-state index is 10.0. The van der Waals surface area contributed by atoms with Crippen molar-refractivity contribution in [2.24, 2.45) is 5.92 Å². The zero-order valence-corrected chi connectivity index (χ0v) is 22.0. The largest absolute Gasteiger partial charge is 0.393 e. The van der Waals surface area contributed by atoms with E-state index in [2.05, 4.69) is 69.9 Å². The van der Waals surface area contributed by atoms with Crippen LogP contribution in [0.5, 0.6) is 0 Å². The molecule has 0 spiro atoms. The minimum absolute atomic E-state index is 0.196. The van der Waals surface area contributed by atoms with Gasteiger partial charge in [-0.15, -0.1) is 0 Å². The fraction of sp³-hybridized carbons (Fsp3) is 0.607. The van der Waals surface area contributed by atoms with Crippen LogP contribution in [0.15, 0.2) is 30.5 Å². The normalized spacial score (nSPS) is 21.9. The lowest BCUT2D eigenvalue weighted by atomic mass is 9.93. The molecule has 3 aromatic rings. The first-order chi connectivity index (χ1) is 17.5. The van der Waals surface area contributed by atoms with Gasteiger partial charge in [0.25, 0.3) is 0 Å². The van der Waals surface area contributed by atoms with Gasteiger partial charge in [-0.1, -0.05) is 38.1 Å². The van der Waals surface area contributed by atoms with Crippen LogP contribution in [-0.2, 0) is 6.54 Å². The van der Waals surface area contributed by atoms with E-state index in [0.29, 0.717) is 11.9 Å². The molecule has 1 aliphatic carbocycles. The van der Waals surface area contributed by atoms with E-state index in [1.807, 2.05) is 6.20 Å². The number of anilines is 1. The van der Waals surface area contributed by atoms with Crippen molar-refractivity contribution in [2.75, 3.05) is 45.1 Å². The number of hydrogen-bond acceptors (Lipinski definition) is 7. The van der Waals surface area contributed by atoms with Crippen LogP contribution in [0, 0.1) is 5.92 Å². The topological polar surface area (TPSA) is 82.3 Å². The van der Waals surface area contributed by atoms with E-state index in [0.717, 1.165) is 93.7 Å². The van der Waals surface area contributed by atoms with Crippen molar-refractivity contribution in [1.29, 1.82) is 0 Å². The van der Waals surface area contributed by atoms with Gasteiger partial charge in [0.1, 0.15) is 5.69 Å². The highest BCUT2D eigenvalue weighted by Crippen LogP contribution is 2.34. The second kappa shape index (κ2) is 11.2. The molecule has 1 aromatic carbocycles. The maximum atomic E-state index is 10.0. The van der Waals surface area contributed by atoms with Crippen molar-refractivity contribution in [2.45, 2.75) is 64.6 Å². The second-order valence-corrected chi connectivity index (χ2v) is 11.1. The minimum atomic E-state index is -0.196. The number of fused-ring (bicyclic) bond motifs is 1. The molecular formula is C28H41N7O. The lowest BCUT2D eigenvalue weighted by Crippen LogP contribution is -2.43. The molecule has 8 nitrogen and oxygen atoms in total. The molecule has 0 unspecified atom stereocenters. The fourth-order valence-electron chi connectivity index (χ4n) is 5.28. The molecule has 0 atom stereocenters. The van der Waals surface area contributed by atoms with Crippen LogP contribution in [0.2, 0.25) is 0 Å². The van der Waals surface area contributed by atoms with Gasteiger partial charge < -0.3 is 15.3 Å². The van der Waals surface area contributed by atoms with Crippen molar-refractivity contribution in [1.82, 2.24) is 29.5 Å². The van der Waals surface area contributed by atoms with E-state index in [-0.39, 0.29) is 12.1 Å². The molecule has 36 heavy (non-hydrogen) atoms. The van der Waals surface area contributed by atoms with Crippen LogP contribution in [0.25, 0.3) is 22.3 Å². The van der Waals surface area contributed by atoms with Gasteiger partial charge in [-0.3, -0.25) is 4.90 Å². The van der Waals surface area contributed by atoms with Gasteiger partial charge in [0.2, 0.25) is 5.95 Å². The number of nitrogens with zero attached hydrogens (tertiary/aromatic N) is 6. The number of aromatic nitrogens is 4. The van der Waals surface area contributed by atoms with Gasteiger partial charge >= 0.3 is 0 Å². The molecule has 5 rings (SSSR count). The third-order valence-corrected chi connectivity index (χ3v) is 7.69. The van der Waals surface area contributed by atoms with E-state index < -0.39 is 0 Å². The molecule has 0 bridgehead atoms. The predicted molar refractivity (Wildman–Crippen MR) is 145 cm³/mol. The van der Waals surface area contributed by atoms with Crippen molar-refractivity contribution in [3.63, 3.8) is 0 Å². The summed E-state index contributed by atoms with van der Waals surface area (Å²) in [5.41, 5.74) is 4.26. The summed E-state index contributed by atoms with van der Waals surface area (Å²) < 4.78 is 2.10. The quantitative estimate of drug-likeness (QED) is 0.489. The molecule has 194 valence electrons. The number of benzene rings is 1. The zero-order chi connectivity index (χ0) is 25.1. The monoisotopic (exact) mass is 491 g/mol. The minimum Gasteiger partial charge on any atom is -0.393 e. The molecule has 0 radical (unpaired) electrons. The van der Waals surface area contributed by atoms with E-state index in [1.165, 1.54) is 5.56 Å². The Bertz CT molecular complexity index is 1130. The summed E-state index contributed by atoms with van der Waals surface area (Å²) in [6.07, 6.45) is 6.27. The summed E-state index contributed by atoms with van der Waals surface area (Å²) in [6, 6.07) is 9.10. The molecule has 1 aliphatic heterocycles. The predicted octanol–water partition coefficient (Wildman–Crippen LogP) is 4.17. The summed E-state index contributed by atoms with van der Waals surface area (Å²) in [6.45, 7) is 10.8. The molecule has 0 amide bonds. The molecule has 2 aliphatic rings. The molecule has 3 heterocycles. The lowest BCUT2D eigenvalue weighted by Gasteiger charge is -2.32. The number of likely N-dealkylation sites (N-methyl/N-ethyl adjacent to an activating group) is 1. The van der Waals surface area contributed by atoms with Gasteiger partial charge in [0.05, 0.1) is 17.5 Å². The summed E-state index contributed by atoms with van der Waals surface area (Å²) in [4.78, 5) is 14.5. The maximum Gasteiger partial charge on any atom is 0.224 e. The van der Waals surface area contributed by atoms with Crippen LogP contribution in [0.3, 0.4) is 0 Å². The average Bonchev–Trinajstić information content (AvgIpc) is 3.25. The first kappa shape index (κ1) is 25.1. The molecular weight excluding hydrogens is 450 g/mol. The summed E-state index contributed by atoms with van der Waals surface area (Å²) in [7, 11) is 2.19. The summed E-state index contributed by atoms with van der Waals surface area (Å²) >= 11 is 0. The molecule has 2 aromatic heterocycles. The molecule has 1 saturated heterocycles. The molecule has 1 saturated carbocycles. The Morgan fingerprint density at radius 3 is 2.44 bits per heavy atom. The Kier molecular flexibility index (Phi) is 7.84. The number of piperazine rings is 1. The highest BCUT2D eigenvalue weighted by atomic mass is 16.3. The molecule has 2 N–H and O–H groups in total. The molecule has 2 fully saturated rings. The van der Waals surface area contributed by atoms with Crippen molar-refractivity contribution in [3.8, 4) is 11.3 Å². The van der Waals surface area contributed by atoms with Crippen LogP contribution in [-0.4, -0.2) is 80.5 Å². The Balaban J connectivity index is 1.40. The average molecular weight is 492 g/mol. The number of hydrogen-bond donors (Lipinski definition) is 2. The van der Waals surface area contributed by atoms with Gasteiger partial charge in [-0.05, 0) is 50.6 Å². The first-order valence-corrected chi connectivity index (χ1v) is 13.6. The standard InChI is InChI=1S/C28H41N7O/c1-20(2)12-13-29-28-30-18-25-26(32-35(27(25)31-28)23-8-10-24(36)11-9-23)22-6-4-21(5-7-22)19-34-16-14-33(3)15-17-34/h4-7,18,20,23-24,36H,8-17,19H2,1-3H3,(H,29,30,31)/t23-,24-. The van der Waals surface area contributed by atoms with Crippen molar-refractivity contribution in [3.05, 3.63) is 36.0 Å². The highest BCUT2D eigenvalue weighted by Gasteiger charge is 2.25. The zero-order valence-electron chi connectivity index (χ0n) is 22.0. The SMILES string of the molecule is CC(C)CCNc1ncc2c(-c3ccc(CN4CCN(C)CC4)cc3)nn([C@H]3CC[C@H](O)CC3)c2n1. The van der Waals surface area contributed by atoms with E-state index in [9.17, 15) is 5.11 Å². The van der Waals surface area contributed by atoms with Gasteiger partial charge in [0, 0.05) is 51.0 Å². The van der Waals surface area contributed by atoms with Crippen LogP contribution in [0.1, 0.15) is 57.6 Å². The smallest absolute Gasteiger partial charge is 0.224 e. The first-order valence-electron chi connectivity index (χ1n) is 13.6. The third-order valence-electron chi connectivity index (χ3n) is 7.69. The Morgan fingerprint density at radius 1 is 1.03 bits per heavy atom. The Hall–Kier alpha value is -2.55. The van der Waals surface area contributed by atoms with Crippen molar-refractivity contribution < 1.29 is 5.11 Å². The number of nitrogens with one attached hydrogen (secondary N) is 1. The number of aliphatic hydroxyl groups excluding tert-OH is 1. The van der Waals surface area contributed by atoms with E-state index >= 15 is 0 Å². The highest BCUT2D eigenvalue weighted by molar-refractivity contribution is 5.91. The molecule has 8 heteroatoms. The Labute approximate surface area is 214 Å². The van der Waals surface area contributed by atoms with E-state index in [1.54, 1.807) is 0 Å². The van der Waals surface area contributed by atoms with Gasteiger partial charge in [-0.25, -0.2) is 9.67 Å². The van der Waals surface area contributed by atoms with Crippen molar-refractivity contribution >= 4 is 17.0 Å². The summed E-state index contributed by atoms with van der Waals surface area (Å²) in [5, 5.41) is 19.5. The second-order valence-electron chi connectivity index (χ2n) is 11.1. The number of aliphatic hydroxyl groups is 1.